The fourth-order valence-electron chi connectivity index (χ4n) is 1.22. The van der Waals surface area contributed by atoms with Crippen LogP contribution in [0.3, 0.4) is 0 Å². The molecule has 5 heteroatoms. The molecule has 0 aliphatic heterocycles. The molecule has 0 atom stereocenters. The molecule has 0 aromatic heterocycles. The lowest BCUT2D eigenvalue weighted by Crippen LogP contribution is -1.97. The highest BCUT2D eigenvalue weighted by Gasteiger charge is 2.07. The van der Waals surface area contributed by atoms with Gasteiger partial charge in [-0.15, -0.1) is 0 Å². The lowest BCUT2D eigenvalue weighted by molar-refractivity contribution is -0.139. The van der Waals surface area contributed by atoms with Crippen LogP contribution in [0.15, 0.2) is 18.2 Å². The van der Waals surface area contributed by atoms with E-state index in [1.165, 1.54) is 20.1 Å². The summed E-state index contributed by atoms with van der Waals surface area (Å²) < 4.78 is 9.59. The van der Waals surface area contributed by atoms with Gasteiger partial charge in [0.25, 0.3) is 0 Å². The topological polar surface area (TPSA) is 76.0 Å². The first-order chi connectivity index (χ1) is 8.04. The van der Waals surface area contributed by atoms with Gasteiger partial charge < -0.3 is 19.7 Å². The molecule has 0 bridgehead atoms. The molecule has 5 nitrogen and oxygen atoms in total. The summed E-state index contributed by atoms with van der Waals surface area (Å²) in [6.07, 6.45) is 3.26. The SMILES string of the molecule is COc1cc(C=CCOC(C)=O)cc(O)c1O. The van der Waals surface area contributed by atoms with E-state index >= 15 is 0 Å². The maximum absolute atomic E-state index is 10.5. The Labute approximate surface area is 98.9 Å². The van der Waals surface area contributed by atoms with E-state index in [0.717, 1.165) is 0 Å². The van der Waals surface area contributed by atoms with Crippen LogP contribution >= 0.6 is 0 Å². The summed E-state index contributed by atoms with van der Waals surface area (Å²) in [7, 11) is 1.39. The highest BCUT2D eigenvalue weighted by molar-refractivity contribution is 5.66. The average Bonchev–Trinajstić information content (AvgIpc) is 2.28. The lowest BCUT2D eigenvalue weighted by atomic mass is 10.1. The van der Waals surface area contributed by atoms with E-state index < -0.39 is 0 Å². The third kappa shape index (κ3) is 3.71. The summed E-state index contributed by atoms with van der Waals surface area (Å²) in [5, 5.41) is 18.8. The van der Waals surface area contributed by atoms with Gasteiger partial charge in [0.2, 0.25) is 5.75 Å². The molecule has 0 unspecified atom stereocenters. The van der Waals surface area contributed by atoms with E-state index in [2.05, 4.69) is 0 Å². The molecule has 0 aliphatic carbocycles. The first-order valence-electron chi connectivity index (χ1n) is 4.94. The minimum Gasteiger partial charge on any atom is -0.504 e. The summed E-state index contributed by atoms with van der Waals surface area (Å²) in [6, 6.07) is 2.93. The molecule has 0 radical (unpaired) electrons. The van der Waals surface area contributed by atoms with Crippen molar-refractivity contribution in [3.63, 3.8) is 0 Å². The number of esters is 1. The Bertz CT molecular complexity index is 437. The van der Waals surface area contributed by atoms with Crippen molar-refractivity contribution in [3.05, 3.63) is 23.8 Å². The van der Waals surface area contributed by atoms with Crippen LogP contribution < -0.4 is 4.74 Å². The standard InChI is InChI=1S/C12H14O5/c1-8(13)17-5-3-4-9-6-10(14)12(15)11(7-9)16-2/h3-4,6-7,14-15H,5H2,1-2H3. The summed E-state index contributed by atoms with van der Waals surface area (Å²) in [4.78, 5) is 10.5. The second-order valence-electron chi connectivity index (χ2n) is 3.30. The Morgan fingerprint density at radius 1 is 1.41 bits per heavy atom. The molecule has 0 saturated heterocycles. The molecule has 0 heterocycles. The summed E-state index contributed by atoms with van der Waals surface area (Å²) in [5.74, 6) is -0.751. The van der Waals surface area contributed by atoms with Crippen molar-refractivity contribution >= 4 is 12.0 Å². The van der Waals surface area contributed by atoms with E-state index in [0.29, 0.717) is 5.56 Å². The smallest absolute Gasteiger partial charge is 0.302 e. The monoisotopic (exact) mass is 238 g/mol. The number of hydrogen-bond acceptors (Lipinski definition) is 5. The number of ether oxygens (including phenoxy) is 2. The Kier molecular flexibility index (Phi) is 4.39. The molecule has 0 spiro atoms. The molecule has 0 fully saturated rings. The van der Waals surface area contributed by atoms with Gasteiger partial charge in [-0.1, -0.05) is 6.08 Å². The van der Waals surface area contributed by atoms with Crippen molar-refractivity contribution in [1.82, 2.24) is 0 Å². The first kappa shape index (κ1) is 12.9. The Morgan fingerprint density at radius 2 is 2.12 bits per heavy atom. The first-order valence-corrected chi connectivity index (χ1v) is 4.94. The van der Waals surface area contributed by atoms with Gasteiger partial charge in [0.15, 0.2) is 11.5 Å². The summed E-state index contributed by atoms with van der Waals surface area (Å²) in [6.45, 7) is 1.47. The summed E-state index contributed by atoms with van der Waals surface area (Å²) >= 11 is 0. The van der Waals surface area contributed by atoms with Crippen LogP contribution in [0.1, 0.15) is 12.5 Å². The number of rotatable bonds is 4. The fourth-order valence-corrected chi connectivity index (χ4v) is 1.22. The number of phenols is 2. The van der Waals surface area contributed by atoms with Crippen LogP contribution in [0.25, 0.3) is 6.08 Å². The van der Waals surface area contributed by atoms with Crippen molar-refractivity contribution in [3.8, 4) is 17.2 Å². The van der Waals surface area contributed by atoms with E-state index in [1.807, 2.05) is 0 Å². The predicted molar refractivity (Wildman–Crippen MR) is 62.0 cm³/mol. The third-order valence-corrected chi connectivity index (χ3v) is 1.99. The van der Waals surface area contributed by atoms with Crippen LogP contribution in [0.2, 0.25) is 0 Å². The van der Waals surface area contributed by atoms with E-state index in [9.17, 15) is 15.0 Å². The van der Waals surface area contributed by atoms with Crippen LogP contribution in [-0.2, 0) is 9.53 Å². The summed E-state index contributed by atoms with van der Waals surface area (Å²) in [5.41, 5.74) is 0.629. The van der Waals surface area contributed by atoms with Crippen molar-refractivity contribution in [2.45, 2.75) is 6.92 Å². The molecule has 0 aliphatic rings. The maximum Gasteiger partial charge on any atom is 0.302 e. The van der Waals surface area contributed by atoms with Crippen molar-refractivity contribution in [2.75, 3.05) is 13.7 Å². The minimum atomic E-state index is -0.360. The average molecular weight is 238 g/mol. The molecule has 17 heavy (non-hydrogen) atoms. The van der Waals surface area contributed by atoms with Gasteiger partial charge >= 0.3 is 5.97 Å². The van der Waals surface area contributed by atoms with Gasteiger partial charge in [-0.3, -0.25) is 4.79 Å². The Morgan fingerprint density at radius 3 is 2.71 bits per heavy atom. The molecule has 0 amide bonds. The molecule has 1 aromatic carbocycles. The zero-order valence-electron chi connectivity index (χ0n) is 9.64. The van der Waals surface area contributed by atoms with Gasteiger partial charge in [0, 0.05) is 6.92 Å². The molecule has 2 N–H and O–H groups in total. The lowest BCUT2D eigenvalue weighted by Gasteiger charge is -2.06. The zero-order valence-corrected chi connectivity index (χ0v) is 9.64. The second-order valence-corrected chi connectivity index (χ2v) is 3.30. The number of methoxy groups -OCH3 is 1. The molecule has 1 rings (SSSR count). The van der Waals surface area contributed by atoms with Crippen LogP contribution in [0.4, 0.5) is 0 Å². The normalized spacial score (nSPS) is 10.5. The van der Waals surface area contributed by atoms with E-state index in [1.54, 1.807) is 18.2 Å². The van der Waals surface area contributed by atoms with Crippen molar-refractivity contribution in [1.29, 1.82) is 0 Å². The number of phenolic OH excluding ortho intramolecular Hbond substituents is 2. The number of aromatic hydroxyl groups is 2. The van der Waals surface area contributed by atoms with Crippen LogP contribution in [-0.4, -0.2) is 29.9 Å². The van der Waals surface area contributed by atoms with Gasteiger partial charge in [0.05, 0.1) is 7.11 Å². The van der Waals surface area contributed by atoms with Crippen LogP contribution in [0, 0.1) is 0 Å². The molecule has 92 valence electrons. The van der Waals surface area contributed by atoms with E-state index in [-0.39, 0.29) is 29.8 Å². The quantitative estimate of drug-likeness (QED) is 0.616. The van der Waals surface area contributed by atoms with E-state index in [4.69, 9.17) is 9.47 Å². The highest BCUT2D eigenvalue weighted by atomic mass is 16.5. The van der Waals surface area contributed by atoms with Gasteiger partial charge in [-0.2, -0.15) is 0 Å². The number of benzene rings is 1. The van der Waals surface area contributed by atoms with Crippen molar-refractivity contribution in [2.24, 2.45) is 0 Å². The molecule has 1 aromatic rings. The third-order valence-electron chi connectivity index (χ3n) is 1.99. The largest absolute Gasteiger partial charge is 0.504 e. The molecular formula is C12H14O5. The Hall–Kier alpha value is -2.17. The molecule has 0 saturated carbocycles. The minimum absolute atomic E-state index is 0.152. The number of carbonyl (C=O) groups is 1. The van der Waals surface area contributed by atoms with Gasteiger partial charge in [-0.25, -0.2) is 0 Å². The van der Waals surface area contributed by atoms with Gasteiger partial charge in [0.1, 0.15) is 6.61 Å². The maximum atomic E-state index is 10.5. The predicted octanol–water partition coefficient (Wildman–Crippen LogP) is 1.68. The second kappa shape index (κ2) is 5.79. The fraction of sp³-hybridized carbons (Fsp3) is 0.250. The highest BCUT2D eigenvalue weighted by Crippen LogP contribution is 2.36. The van der Waals surface area contributed by atoms with Crippen LogP contribution in [0.5, 0.6) is 17.2 Å². The number of hydrogen-bond donors (Lipinski definition) is 2. The van der Waals surface area contributed by atoms with Crippen molar-refractivity contribution < 1.29 is 24.5 Å². The Balaban J connectivity index is 2.78. The zero-order chi connectivity index (χ0) is 12.8. The number of carbonyl (C=O) groups excluding carboxylic acids is 1. The van der Waals surface area contributed by atoms with Gasteiger partial charge in [-0.05, 0) is 23.8 Å². The molecular weight excluding hydrogens is 224 g/mol.